The molecule has 0 aromatic heterocycles. The molecule has 0 spiro atoms. The lowest BCUT2D eigenvalue weighted by atomic mass is 9.98. The van der Waals surface area contributed by atoms with Crippen molar-refractivity contribution in [3.8, 4) is 0 Å². The number of nitrogen functional groups attached to an aromatic ring is 1. The number of carbonyl (C=O) groups excluding carboxylic acids is 1. The van der Waals surface area contributed by atoms with Gasteiger partial charge in [0.1, 0.15) is 0 Å². The van der Waals surface area contributed by atoms with E-state index in [2.05, 4.69) is 24.1 Å². The van der Waals surface area contributed by atoms with Crippen LogP contribution in [0.15, 0.2) is 24.3 Å². The van der Waals surface area contributed by atoms with Crippen molar-refractivity contribution >= 4 is 11.6 Å². The lowest BCUT2D eigenvalue weighted by Gasteiger charge is -2.33. The van der Waals surface area contributed by atoms with E-state index in [0.29, 0.717) is 12.2 Å². The van der Waals surface area contributed by atoms with Crippen LogP contribution in [0.5, 0.6) is 0 Å². The number of nitrogens with two attached hydrogens (primary N) is 1. The molecule has 0 heterocycles. The number of benzene rings is 1. The van der Waals surface area contributed by atoms with Gasteiger partial charge in [-0.25, -0.2) is 0 Å². The Morgan fingerprint density at radius 3 is 2.58 bits per heavy atom. The lowest BCUT2D eigenvalue weighted by molar-refractivity contribution is -0.122. The quantitative estimate of drug-likeness (QED) is 0.797. The van der Waals surface area contributed by atoms with Gasteiger partial charge in [0.2, 0.25) is 5.91 Å². The Balaban J connectivity index is 2.64. The highest BCUT2D eigenvalue weighted by Crippen LogP contribution is 2.18. The molecule has 0 aliphatic rings. The first-order chi connectivity index (χ1) is 8.74. The molecule has 0 saturated carbocycles. The highest BCUT2D eigenvalue weighted by atomic mass is 16.1. The topological polar surface area (TPSA) is 58.4 Å². The van der Waals surface area contributed by atoms with Crippen LogP contribution in [-0.2, 0) is 4.79 Å². The standard InChI is InChI=1S/C15H25N3O/c1-11(12-7-6-8-13(16)9-12)14(19)17-10-15(2,3)18(4)5/h6-9,11H,10,16H2,1-5H3,(H,17,19). The fraction of sp³-hybridized carbons (Fsp3) is 0.533. The Labute approximate surface area is 116 Å². The summed E-state index contributed by atoms with van der Waals surface area (Å²) in [5.74, 6) is -0.165. The van der Waals surface area contributed by atoms with Crippen LogP contribution in [-0.4, -0.2) is 37.0 Å². The fourth-order valence-corrected chi connectivity index (χ4v) is 1.59. The number of amides is 1. The van der Waals surface area contributed by atoms with Gasteiger partial charge < -0.3 is 16.0 Å². The molecule has 3 N–H and O–H groups in total. The van der Waals surface area contributed by atoms with Gasteiger partial charge in [0.25, 0.3) is 0 Å². The summed E-state index contributed by atoms with van der Waals surface area (Å²) >= 11 is 0. The predicted octanol–water partition coefficient (Wildman–Crippen LogP) is 1.83. The van der Waals surface area contributed by atoms with E-state index in [4.69, 9.17) is 5.73 Å². The largest absolute Gasteiger partial charge is 0.399 e. The molecular weight excluding hydrogens is 238 g/mol. The van der Waals surface area contributed by atoms with Crippen molar-refractivity contribution < 1.29 is 4.79 Å². The number of nitrogens with zero attached hydrogens (tertiary/aromatic N) is 1. The molecule has 0 aliphatic carbocycles. The number of rotatable bonds is 5. The summed E-state index contributed by atoms with van der Waals surface area (Å²) in [6.45, 7) is 6.70. The number of hydrogen-bond acceptors (Lipinski definition) is 3. The van der Waals surface area contributed by atoms with Crippen LogP contribution in [0.4, 0.5) is 5.69 Å². The second-order valence-corrected chi connectivity index (χ2v) is 5.82. The van der Waals surface area contributed by atoms with Gasteiger partial charge in [-0.2, -0.15) is 0 Å². The Morgan fingerprint density at radius 2 is 2.05 bits per heavy atom. The number of anilines is 1. The van der Waals surface area contributed by atoms with E-state index in [0.717, 1.165) is 5.56 Å². The smallest absolute Gasteiger partial charge is 0.227 e. The molecule has 1 atom stereocenters. The lowest BCUT2D eigenvalue weighted by Crippen LogP contribution is -2.48. The van der Waals surface area contributed by atoms with Crippen LogP contribution in [0.3, 0.4) is 0 Å². The zero-order valence-corrected chi connectivity index (χ0v) is 12.5. The number of carbonyl (C=O) groups is 1. The third-order valence-corrected chi connectivity index (χ3v) is 3.71. The third-order valence-electron chi connectivity index (χ3n) is 3.71. The van der Waals surface area contributed by atoms with Gasteiger partial charge in [-0.05, 0) is 52.6 Å². The molecule has 1 aromatic carbocycles. The fourth-order valence-electron chi connectivity index (χ4n) is 1.59. The van der Waals surface area contributed by atoms with Crippen LogP contribution in [0.1, 0.15) is 32.3 Å². The van der Waals surface area contributed by atoms with Crippen molar-refractivity contribution in [1.29, 1.82) is 0 Å². The van der Waals surface area contributed by atoms with Gasteiger partial charge in [0, 0.05) is 17.8 Å². The molecule has 4 nitrogen and oxygen atoms in total. The van der Waals surface area contributed by atoms with Crippen LogP contribution in [0, 0.1) is 0 Å². The van der Waals surface area contributed by atoms with Crippen LogP contribution < -0.4 is 11.1 Å². The van der Waals surface area contributed by atoms with Crippen LogP contribution in [0.2, 0.25) is 0 Å². The van der Waals surface area contributed by atoms with Gasteiger partial charge >= 0.3 is 0 Å². The molecule has 1 aromatic rings. The minimum Gasteiger partial charge on any atom is -0.399 e. The Bertz CT molecular complexity index is 441. The molecule has 1 amide bonds. The summed E-state index contributed by atoms with van der Waals surface area (Å²) in [5.41, 5.74) is 7.31. The Kier molecular flexibility index (Phi) is 4.95. The molecule has 0 aliphatic heterocycles. The van der Waals surface area contributed by atoms with Crippen molar-refractivity contribution in [2.45, 2.75) is 32.2 Å². The normalized spacial score (nSPS) is 13.4. The van der Waals surface area contributed by atoms with Crippen LogP contribution in [0.25, 0.3) is 0 Å². The second kappa shape index (κ2) is 6.06. The molecule has 1 rings (SSSR count). The van der Waals surface area contributed by atoms with E-state index in [1.54, 1.807) is 0 Å². The first-order valence-electron chi connectivity index (χ1n) is 6.54. The molecular formula is C15H25N3O. The highest BCUT2D eigenvalue weighted by molar-refractivity contribution is 5.83. The number of likely N-dealkylation sites (N-methyl/N-ethyl adjacent to an activating group) is 1. The van der Waals surface area contributed by atoms with Crippen LogP contribution >= 0.6 is 0 Å². The van der Waals surface area contributed by atoms with Crippen molar-refractivity contribution in [3.63, 3.8) is 0 Å². The van der Waals surface area contributed by atoms with Gasteiger partial charge in [0.15, 0.2) is 0 Å². The monoisotopic (exact) mass is 263 g/mol. The number of nitrogens with one attached hydrogen (secondary N) is 1. The summed E-state index contributed by atoms with van der Waals surface area (Å²) in [5, 5.41) is 3.00. The Hall–Kier alpha value is -1.55. The van der Waals surface area contributed by atoms with Gasteiger partial charge in [0.05, 0.1) is 5.92 Å². The van der Waals surface area contributed by atoms with E-state index in [1.165, 1.54) is 0 Å². The molecule has 0 bridgehead atoms. The maximum absolute atomic E-state index is 12.2. The predicted molar refractivity (Wildman–Crippen MR) is 80.0 cm³/mol. The summed E-state index contributed by atoms with van der Waals surface area (Å²) in [6, 6.07) is 7.47. The molecule has 0 fully saturated rings. The highest BCUT2D eigenvalue weighted by Gasteiger charge is 2.23. The first kappa shape index (κ1) is 15.5. The minimum absolute atomic E-state index is 0.0283. The average molecular weight is 263 g/mol. The summed E-state index contributed by atoms with van der Waals surface area (Å²) < 4.78 is 0. The first-order valence-corrected chi connectivity index (χ1v) is 6.54. The zero-order chi connectivity index (χ0) is 14.6. The summed E-state index contributed by atoms with van der Waals surface area (Å²) in [7, 11) is 4.01. The van der Waals surface area contributed by atoms with E-state index >= 15 is 0 Å². The number of hydrogen-bond donors (Lipinski definition) is 2. The van der Waals surface area contributed by atoms with E-state index in [1.807, 2.05) is 45.3 Å². The van der Waals surface area contributed by atoms with Gasteiger partial charge in [-0.3, -0.25) is 4.79 Å². The van der Waals surface area contributed by atoms with Crippen molar-refractivity contribution in [3.05, 3.63) is 29.8 Å². The molecule has 106 valence electrons. The minimum atomic E-state index is -0.193. The molecule has 19 heavy (non-hydrogen) atoms. The summed E-state index contributed by atoms with van der Waals surface area (Å²) in [6.07, 6.45) is 0. The van der Waals surface area contributed by atoms with Crippen molar-refractivity contribution in [2.24, 2.45) is 0 Å². The SMILES string of the molecule is CC(C(=O)NCC(C)(C)N(C)C)c1cccc(N)c1. The van der Waals surface area contributed by atoms with Crippen molar-refractivity contribution in [2.75, 3.05) is 26.4 Å². The van der Waals surface area contributed by atoms with Gasteiger partial charge in [-0.15, -0.1) is 0 Å². The third kappa shape index (κ3) is 4.24. The van der Waals surface area contributed by atoms with E-state index in [9.17, 15) is 4.79 Å². The molecule has 4 heteroatoms. The maximum Gasteiger partial charge on any atom is 0.227 e. The Morgan fingerprint density at radius 1 is 1.42 bits per heavy atom. The zero-order valence-electron chi connectivity index (χ0n) is 12.5. The average Bonchev–Trinajstić information content (AvgIpc) is 2.35. The molecule has 0 radical (unpaired) electrons. The molecule has 0 saturated heterocycles. The maximum atomic E-state index is 12.2. The van der Waals surface area contributed by atoms with E-state index < -0.39 is 0 Å². The molecule has 1 unspecified atom stereocenters. The van der Waals surface area contributed by atoms with Crippen molar-refractivity contribution in [1.82, 2.24) is 10.2 Å². The van der Waals surface area contributed by atoms with E-state index in [-0.39, 0.29) is 17.4 Å². The summed E-state index contributed by atoms with van der Waals surface area (Å²) in [4.78, 5) is 14.2. The van der Waals surface area contributed by atoms with Gasteiger partial charge in [-0.1, -0.05) is 12.1 Å². The second-order valence-electron chi connectivity index (χ2n) is 5.82.